The van der Waals surface area contributed by atoms with E-state index in [0.717, 1.165) is 0 Å². The zero-order chi connectivity index (χ0) is 11.8. The fourth-order valence-electron chi connectivity index (χ4n) is 2.04. The number of rotatable bonds is 4. The highest BCUT2D eigenvalue weighted by atomic mass is 16.4. The second-order valence-corrected chi connectivity index (χ2v) is 4.71. The van der Waals surface area contributed by atoms with Gasteiger partial charge in [-0.3, -0.25) is 4.79 Å². The van der Waals surface area contributed by atoms with Crippen LogP contribution in [0.1, 0.15) is 27.2 Å². The van der Waals surface area contributed by atoms with E-state index in [2.05, 4.69) is 0 Å². The SMILES string of the molecule is C/C(=C\C1C(CC(=O)O)C1(C)C)C(=O)O. The molecule has 4 nitrogen and oxygen atoms in total. The van der Waals surface area contributed by atoms with Crippen LogP contribution in [-0.2, 0) is 9.59 Å². The molecular formula is C11H16O4. The number of hydrogen-bond acceptors (Lipinski definition) is 2. The summed E-state index contributed by atoms with van der Waals surface area (Å²) in [6.07, 6.45) is 1.79. The summed E-state index contributed by atoms with van der Waals surface area (Å²) in [5, 5.41) is 17.4. The summed E-state index contributed by atoms with van der Waals surface area (Å²) in [6.45, 7) is 5.47. The van der Waals surface area contributed by atoms with Gasteiger partial charge in [0.15, 0.2) is 0 Å². The average Bonchev–Trinajstić information content (AvgIpc) is 2.54. The first-order valence-electron chi connectivity index (χ1n) is 4.90. The van der Waals surface area contributed by atoms with Gasteiger partial charge in [0.25, 0.3) is 0 Å². The highest BCUT2D eigenvalue weighted by molar-refractivity contribution is 5.86. The second-order valence-electron chi connectivity index (χ2n) is 4.71. The normalized spacial score (nSPS) is 28.6. The van der Waals surface area contributed by atoms with Crippen molar-refractivity contribution in [3.8, 4) is 0 Å². The van der Waals surface area contributed by atoms with Crippen molar-refractivity contribution in [3.05, 3.63) is 11.6 Å². The first kappa shape index (κ1) is 11.8. The lowest BCUT2D eigenvalue weighted by Gasteiger charge is -1.98. The molecule has 0 aromatic rings. The first-order valence-corrected chi connectivity index (χ1v) is 4.90. The van der Waals surface area contributed by atoms with E-state index >= 15 is 0 Å². The lowest BCUT2D eigenvalue weighted by atomic mass is 10.1. The Morgan fingerprint density at radius 2 is 1.87 bits per heavy atom. The number of aliphatic carboxylic acids is 2. The molecule has 0 radical (unpaired) electrons. The van der Waals surface area contributed by atoms with Gasteiger partial charge in [0.05, 0.1) is 0 Å². The second kappa shape index (κ2) is 3.68. The maximum absolute atomic E-state index is 10.6. The van der Waals surface area contributed by atoms with Gasteiger partial charge in [-0.05, 0) is 24.2 Å². The predicted octanol–water partition coefficient (Wildman–Crippen LogP) is 1.76. The topological polar surface area (TPSA) is 74.6 Å². The highest BCUT2D eigenvalue weighted by Crippen LogP contribution is 2.60. The minimum absolute atomic E-state index is 0.0595. The molecule has 2 atom stereocenters. The van der Waals surface area contributed by atoms with Crippen LogP contribution in [-0.4, -0.2) is 22.2 Å². The van der Waals surface area contributed by atoms with Crippen LogP contribution in [0.2, 0.25) is 0 Å². The molecule has 1 saturated carbocycles. The molecule has 0 heterocycles. The van der Waals surface area contributed by atoms with Gasteiger partial charge >= 0.3 is 11.9 Å². The van der Waals surface area contributed by atoms with Gasteiger partial charge in [-0.25, -0.2) is 4.79 Å². The molecule has 15 heavy (non-hydrogen) atoms. The highest BCUT2D eigenvalue weighted by Gasteiger charge is 2.56. The Labute approximate surface area is 88.6 Å². The van der Waals surface area contributed by atoms with Crippen LogP contribution in [0.25, 0.3) is 0 Å². The third kappa shape index (κ3) is 2.37. The number of carboxylic acids is 2. The summed E-state index contributed by atoms with van der Waals surface area (Å²) >= 11 is 0. The molecule has 2 N–H and O–H groups in total. The third-order valence-electron chi connectivity index (χ3n) is 3.30. The fourth-order valence-corrected chi connectivity index (χ4v) is 2.04. The predicted molar refractivity (Wildman–Crippen MR) is 54.4 cm³/mol. The molecule has 0 bridgehead atoms. The Kier molecular flexibility index (Phi) is 2.88. The summed E-state index contributed by atoms with van der Waals surface area (Å²) in [5.74, 6) is -1.63. The smallest absolute Gasteiger partial charge is 0.330 e. The van der Waals surface area contributed by atoms with Crippen molar-refractivity contribution in [2.75, 3.05) is 0 Å². The van der Waals surface area contributed by atoms with Crippen LogP contribution in [0.3, 0.4) is 0 Å². The van der Waals surface area contributed by atoms with E-state index < -0.39 is 11.9 Å². The van der Waals surface area contributed by atoms with Gasteiger partial charge in [0.1, 0.15) is 0 Å². The molecule has 0 aliphatic heterocycles. The van der Waals surface area contributed by atoms with Crippen molar-refractivity contribution in [2.24, 2.45) is 17.3 Å². The van der Waals surface area contributed by atoms with Crippen molar-refractivity contribution in [2.45, 2.75) is 27.2 Å². The standard InChI is InChI=1S/C11H16O4/c1-6(10(14)15)4-7-8(5-9(12)13)11(7,2)3/h4,7-8H,5H2,1-3H3,(H,12,13)(H,14,15)/b6-4+. The van der Waals surface area contributed by atoms with Gasteiger partial charge in [-0.2, -0.15) is 0 Å². The Morgan fingerprint density at radius 1 is 1.33 bits per heavy atom. The molecule has 0 aromatic carbocycles. The Bertz CT molecular complexity index is 327. The Hall–Kier alpha value is -1.32. The number of carboxylic acid groups (broad SMARTS) is 2. The number of hydrogen-bond donors (Lipinski definition) is 2. The molecule has 0 spiro atoms. The zero-order valence-corrected chi connectivity index (χ0v) is 9.15. The minimum Gasteiger partial charge on any atom is -0.481 e. The molecule has 4 heteroatoms. The summed E-state index contributed by atoms with van der Waals surface area (Å²) in [4.78, 5) is 21.2. The monoisotopic (exact) mass is 212 g/mol. The van der Waals surface area contributed by atoms with E-state index in [1.54, 1.807) is 6.08 Å². The Morgan fingerprint density at radius 3 is 2.27 bits per heavy atom. The van der Waals surface area contributed by atoms with Crippen LogP contribution < -0.4 is 0 Å². The van der Waals surface area contributed by atoms with Gasteiger partial charge in [0.2, 0.25) is 0 Å². The molecule has 1 aliphatic rings. The lowest BCUT2D eigenvalue weighted by Crippen LogP contribution is -1.99. The average molecular weight is 212 g/mol. The summed E-state index contributed by atoms with van der Waals surface area (Å²) in [6, 6.07) is 0. The zero-order valence-electron chi connectivity index (χ0n) is 9.15. The third-order valence-corrected chi connectivity index (χ3v) is 3.30. The fraction of sp³-hybridized carbons (Fsp3) is 0.636. The molecule has 0 saturated heterocycles. The van der Waals surface area contributed by atoms with E-state index in [4.69, 9.17) is 10.2 Å². The summed E-state index contributed by atoms with van der Waals surface area (Å²) < 4.78 is 0. The van der Waals surface area contributed by atoms with Crippen LogP contribution in [0.5, 0.6) is 0 Å². The summed E-state index contributed by atoms with van der Waals surface area (Å²) in [7, 11) is 0. The van der Waals surface area contributed by atoms with E-state index in [1.807, 2.05) is 13.8 Å². The molecule has 0 aromatic heterocycles. The van der Waals surface area contributed by atoms with Crippen molar-refractivity contribution >= 4 is 11.9 Å². The van der Waals surface area contributed by atoms with Gasteiger partial charge in [-0.15, -0.1) is 0 Å². The lowest BCUT2D eigenvalue weighted by molar-refractivity contribution is -0.137. The van der Waals surface area contributed by atoms with Crippen molar-refractivity contribution in [1.29, 1.82) is 0 Å². The molecule has 0 amide bonds. The van der Waals surface area contributed by atoms with Crippen LogP contribution >= 0.6 is 0 Å². The summed E-state index contributed by atoms with van der Waals surface area (Å²) in [5.41, 5.74) is 0.204. The molecule has 84 valence electrons. The van der Waals surface area contributed by atoms with Gasteiger partial charge < -0.3 is 10.2 Å². The van der Waals surface area contributed by atoms with Crippen LogP contribution in [0.4, 0.5) is 0 Å². The number of carbonyl (C=O) groups is 2. The number of allylic oxidation sites excluding steroid dienone is 1. The van der Waals surface area contributed by atoms with E-state index in [1.165, 1.54) is 6.92 Å². The minimum atomic E-state index is -0.938. The Balaban J connectivity index is 2.70. The van der Waals surface area contributed by atoms with Crippen LogP contribution in [0.15, 0.2) is 11.6 Å². The molecule has 1 fully saturated rings. The van der Waals surface area contributed by atoms with Crippen molar-refractivity contribution < 1.29 is 19.8 Å². The van der Waals surface area contributed by atoms with Crippen molar-refractivity contribution in [1.82, 2.24) is 0 Å². The maximum atomic E-state index is 10.6. The van der Waals surface area contributed by atoms with E-state index in [9.17, 15) is 9.59 Å². The maximum Gasteiger partial charge on any atom is 0.330 e. The quantitative estimate of drug-likeness (QED) is 0.696. The van der Waals surface area contributed by atoms with Gasteiger partial charge in [0, 0.05) is 12.0 Å². The van der Waals surface area contributed by atoms with E-state index in [0.29, 0.717) is 5.57 Å². The largest absolute Gasteiger partial charge is 0.481 e. The molecule has 2 unspecified atom stereocenters. The van der Waals surface area contributed by atoms with Crippen LogP contribution in [0, 0.1) is 17.3 Å². The molecule has 1 aliphatic carbocycles. The molecular weight excluding hydrogens is 196 g/mol. The molecule has 1 rings (SSSR count). The van der Waals surface area contributed by atoms with Crippen molar-refractivity contribution in [3.63, 3.8) is 0 Å². The van der Waals surface area contributed by atoms with Gasteiger partial charge in [-0.1, -0.05) is 19.9 Å². The van der Waals surface area contributed by atoms with E-state index in [-0.39, 0.29) is 23.7 Å². The first-order chi connectivity index (χ1) is 6.76.